The maximum absolute atomic E-state index is 9.70. The van der Waals surface area contributed by atoms with Gasteiger partial charge in [0.25, 0.3) is 0 Å². The molecule has 0 amide bonds. The van der Waals surface area contributed by atoms with Crippen LogP contribution in [0.4, 0.5) is 17.1 Å². The zero-order valence-corrected chi connectivity index (χ0v) is 17.7. The minimum atomic E-state index is 0.257. The summed E-state index contributed by atoms with van der Waals surface area (Å²) in [5.41, 5.74) is 5.53. The Hall–Kier alpha value is -5.11. The van der Waals surface area contributed by atoms with Crippen molar-refractivity contribution in [1.29, 1.82) is 15.8 Å². The largest absolute Gasteiger partial charge is 0.311 e. The molecule has 154 valence electrons. The topological polar surface area (TPSA) is 74.6 Å². The molecule has 0 unspecified atom stereocenters. The van der Waals surface area contributed by atoms with Gasteiger partial charge in [-0.1, -0.05) is 54.6 Å². The number of benzene rings is 4. The molecule has 0 atom stereocenters. The number of nitriles is 3. The Morgan fingerprint density at radius 2 is 1.15 bits per heavy atom. The Morgan fingerprint density at radius 3 is 1.67 bits per heavy atom. The molecule has 0 bridgehead atoms. The van der Waals surface area contributed by atoms with Crippen molar-refractivity contribution in [2.45, 2.75) is 0 Å². The molecule has 0 saturated heterocycles. The predicted molar refractivity (Wildman–Crippen MR) is 130 cm³/mol. The number of anilines is 3. The normalized spacial score (nSPS) is 10.5. The Morgan fingerprint density at radius 1 is 0.606 bits per heavy atom. The summed E-state index contributed by atoms with van der Waals surface area (Å²) in [4.78, 5) is 2.17. The average Bonchev–Trinajstić information content (AvgIpc) is 2.89. The van der Waals surface area contributed by atoms with Crippen molar-refractivity contribution in [3.05, 3.63) is 125 Å². The highest BCUT2D eigenvalue weighted by Gasteiger charge is 2.12. The summed E-state index contributed by atoms with van der Waals surface area (Å²) in [6, 6.07) is 39.3. The summed E-state index contributed by atoms with van der Waals surface area (Å²) in [6.45, 7) is 0. The monoisotopic (exact) mass is 422 g/mol. The Kier molecular flexibility index (Phi) is 6.28. The molecule has 33 heavy (non-hydrogen) atoms. The molecule has 4 heteroatoms. The Balaban J connectivity index is 1.70. The highest BCUT2D eigenvalue weighted by Crippen LogP contribution is 2.34. The predicted octanol–water partition coefficient (Wildman–Crippen LogP) is 6.96. The van der Waals surface area contributed by atoms with Crippen molar-refractivity contribution in [3.8, 4) is 18.2 Å². The van der Waals surface area contributed by atoms with Gasteiger partial charge in [-0.15, -0.1) is 0 Å². The van der Waals surface area contributed by atoms with Gasteiger partial charge in [-0.25, -0.2) is 0 Å². The lowest BCUT2D eigenvalue weighted by molar-refractivity contribution is 1.28. The minimum Gasteiger partial charge on any atom is -0.311 e. The summed E-state index contributed by atoms with van der Waals surface area (Å²) in [6.07, 6.45) is 1.78. The molecule has 0 heterocycles. The Labute approximate surface area is 193 Å². The molecular formula is C29H18N4. The van der Waals surface area contributed by atoms with Crippen LogP contribution in [0.1, 0.15) is 22.3 Å². The third kappa shape index (κ3) is 4.64. The van der Waals surface area contributed by atoms with Gasteiger partial charge in [0.1, 0.15) is 12.1 Å². The van der Waals surface area contributed by atoms with Crippen molar-refractivity contribution >= 4 is 28.7 Å². The standard InChI is InChI=1S/C29H18N4/c30-19-24-14-13-23(18-26(24)21-32)25(20-31)17-22-11-15-29(16-12-22)33(27-7-3-1-4-8-27)28-9-5-2-6-10-28/h1-18H/b25-17+. The van der Waals surface area contributed by atoms with Gasteiger partial charge in [0, 0.05) is 17.1 Å². The zero-order chi connectivity index (χ0) is 23.0. The molecule has 4 rings (SSSR count). The highest BCUT2D eigenvalue weighted by atomic mass is 15.1. The van der Waals surface area contributed by atoms with Crippen LogP contribution in [0.3, 0.4) is 0 Å². The molecule has 4 aromatic carbocycles. The molecular weight excluding hydrogens is 404 g/mol. The van der Waals surface area contributed by atoms with Gasteiger partial charge in [-0.2, -0.15) is 15.8 Å². The third-order valence-corrected chi connectivity index (χ3v) is 5.18. The number of nitrogens with zero attached hydrogens (tertiary/aromatic N) is 4. The van der Waals surface area contributed by atoms with Crippen molar-refractivity contribution < 1.29 is 0 Å². The van der Waals surface area contributed by atoms with Crippen LogP contribution in [0.25, 0.3) is 11.6 Å². The number of allylic oxidation sites excluding steroid dienone is 1. The molecule has 4 nitrogen and oxygen atoms in total. The lowest BCUT2D eigenvalue weighted by Crippen LogP contribution is -2.09. The molecule has 4 aromatic rings. The van der Waals surface area contributed by atoms with Crippen LogP contribution in [0, 0.1) is 34.0 Å². The first-order valence-electron chi connectivity index (χ1n) is 10.3. The van der Waals surface area contributed by atoms with Gasteiger partial charge in [-0.05, 0) is 65.7 Å². The maximum atomic E-state index is 9.70. The first-order valence-corrected chi connectivity index (χ1v) is 10.3. The second kappa shape index (κ2) is 9.80. The van der Waals surface area contributed by atoms with E-state index in [0.717, 1.165) is 22.6 Å². The third-order valence-electron chi connectivity index (χ3n) is 5.18. The number of para-hydroxylation sites is 2. The fraction of sp³-hybridized carbons (Fsp3) is 0. The smallest absolute Gasteiger partial charge is 0.101 e. The second-order valence-corrected chi connectivity index (χ2v) is 7.25. The van der Waals surface area contributed by atoms with E-state index in [1.54, 1.807) is 24.3 Å². The molecule has 0 aromatic heterocycles. The summed E-state index contributed by atoms with van der Waals surface area (Å²) in [7, 11) is 0. The number of hydrogen-bond donors (Lipinski definition) is 0. The second-order valence-electron chi connectivity index (χ2n) is 7.25. The van der Waals surface area contributed by atoms with Crippen LogP contribution < -0.4 is 4.90 Å². The van der Waals surface area contributed by atoms with Crippen molar-refractivity contribution in [1.82, 2.24) is 0 Å². The van der Waals surface area contributed by atoms with E-state index in [1.165, 1.54) is 0 Å². The van der Waals surface area contributed by atoms with Crippen LogP contribution >= 0.6 is 0 Å². The fourth-order valence-corrected chi connectivity index (χ4v) is 3.57. The molecule has 0 N–H and O–H groups in total. The van der Waals surface area contributed by atoms with E-state index >= 15 is 0 Å². The molecule has 0 fully saturated rings. The summed E-state index contributed by atoms with van der Waals surface area (Å²) in [5.74, 6) is 0. The molecule has 0 aliphatic carbocycles. The summed E-state index contributed by atoms with van der Waals surface area (Å²) >= 11 is 0. The first-order chi connectivity index (χ1) is 16.2. The van der Waals surface area contributed by atoms with Crippen molar-refractivity contribution in [2.75, 3.05) is 4.90 Å². The van der Waals surface area contributed by atoms with Crippen LogP contribution in [-0.2, 0) is 0 Å². The van der Waals surface area contributed by atoms with E-state index in [-0.39, 0.29) is 5.56 Å². The van der Waals surface area contributed by atoms with E-state index in [2.05, 4.69) is 35.2 Å². The SMILES string of the molecule is N#C/C(=C\c1ccc(N(c2ccccc2)c2ccccc2)cc1)c1ccc(C#N)c(C#N)c1. The molecule has 0 aliphatic rings. The van der Waals surface area contributed by atoms with E-state index in [9.17, 15) is 10.5 Å². The summed E-state index contributed by atoms with van der Waals surface area (Å²) in [5, 5.41) is 28.1. The molecule has 0 spiro atoms. The van der Waals surface area contributed by atoms with Crippen LogP contribution in [-0.4, -0.2) is 0 Å². The van der Waals surface area contributed by atoms with Gasteiger partial charge in [-0.3, -0.25) is 0 Å². The van der Waals surface area contributed by atoms with Gasteiger partial charge >= 0.3 is 0 Å². The van der Waals surface area contributed by atoms with Crippen LogP contribution in [0.5, 0.6) is 0 Å². The van der Waals surface area contributed by atoms with Crippen LogP contribution in [0.2, 0.25) is 0 Å². The van der Waals surface area contributed by atoms with E-state index < -0.39 is 0 Å². The van der Waals surface area contributed by atoms with Crippen LogP contribution in [0.15, 0.2) is 103 Å². The van der Waals surface area contributed by atoms with E-state index in [0.29, 0.717) is 16.7 Å². The zero-order valence-electron chi connectivity index (χ0n) is 17.7. The number of hydrogen-bond acceptors (Lipinski definition) is 4. The Bertz CT molecular complexity index is 1380. The fourth-order valence-electron chi connectivity index (χ4n) is 3.57. The lowest BCUT2D eigenvalue weighted by Gasteiger charge is -2.25. The first kappa shape index (κ1) is 21.1. The van der Waals surface area contributed by atoms with Crippen molar-refractivity contribution in [2.24, 2.45) is 0 Å². The van der Waals surface area contributed by atoms with E-state index in [1.807, 2.05) is 72.8 Å². The molecule has 0 saturated carbocycles. The van der Waals surface area contributed by atoms with Gasteiger partial charge in [0.15, 0.2) is 0 Å². The van der Waals surface area contributed by atoms with Crippen molar-refractivity contribution in [3.63, 3.8) is 0 Å². The average molecular weight is 422 g/mol. The minimum absolute atomic E-state index is 0.257. The quantitative estimate of drug-likeness (QED) is 0.257. The number of rotatable bonds is 5. The highest BCUT2D eigenvalue weighted by molar-refractivity contribution is 5.90. The summed E-state index contributed by atoms with van der Waals surface area (Å²) < 4.78 is 0. The van der Waals surface area contributed by atoms with E-state index in [4.69, 9.17) is 5.26 Å². The molecule has 0 radical (unpaired) electrons. The van der Waals surface area contributed by atoms with Gasteiger partial charge < -0.3 is 4.90 Å². The van der Waals surface area contributed by atoms with Gasteiger partial charge in [0.05, 0.1) is 22.8 Å². The van der Waals surface area contributed by atoms with Gasteiger partial charge in [0.2, 0.25) is 0 Å². The lowest BCUT2D eigenvalue weighted by atomic mass is 9.99. The maximum Gasteiger partial charge on any atom is 0.101 e. The molecule has 0 aliphatic heterocycles.